The Labute approximate surface area is 134 Å². The number of benzene rings is 1. The monoisotopic (exact) mass is 307 g/mol. The van der Waals surface area contributed by atoms with Crippen molar-refractivity contribution in [1.82, 2.24) is 4.98 Å². The van der Waals surface area contributed by atoms with Crippen LogP contribution in [0.2, 0.25) is 0 Å². The standard InChI is InChI=1S/C18H17N3O2/c19-12-14-11-15(21-18(22)13-7-9-20-10-8-13)5-6-17(14)23-16-3-1-2-4-16/h5-11,16H,1-4H2,(H,21,22). The lowest BCUT2D eigenvalue weighted by Crippen LogP contribution is -2.13. The number of rotatable bonds is 4. The van der Waals surface area contributed by atoms with Gasteiger partial charge in [0.15, 0.2) is 0 Å². The molecule has 0 saturated heterocycles. The van der Waals surface area contributed by atoms with Gasteiger partial charge >= 0.3 is 0 Å². The molecule has 0 spiro atoms. The summed E-state index contributed by atoms with van der Waals surface area (Å²) >= 11 is 0. The summed E-state index contributed by atoms with van der Waals surface area (Å²) in [5, 5.41) is 12.1. The molecule has 1 heterocycles. The summed E-state index contributed by atoms with van der Waals surface area (Å²) in [7, 11) is 0. The van der Waals surface area contributed by atoms with Crippen LogP contribution in [0.15, 0.2) is 42.7 Å². The number of nitrogens with zero attached hydrogens (tertiary/aromatic N) is 2. The highest BCUT2D eigenvalue weighted by molar-refractivity contribution is 6.04. The average molecular weight is 307 g/mol. The van der Waals surface area contributed by atoms with Crippen molar-refractivity contribution in [2.45, 2.75) is 31.8 Å². The van der Waals surface area contributed by atoms with Gasteiger partial charge in [-0.3, -0.25) is 9.78 Å². The van der Waals surface area contributed by atoms with E-state index >= 15 is 0 Å². The minimum Gasteiger partial charge on any atom is -0.489 e. The van der Waals surface area contributed by atoms with Gasteiger partial charge in [0.05, 0.1) is 11.7 Å². The zero-order valence-corrected chi connectivity index (χ0v) is 12.7. The smallest absolute Gasteiger partial charge is 0.255 e. The molecule has 0 bridgehead atoms. The van der Waals surface area contributed by atoms with E-state index in [1.807, 2.05) is 0 Å². The lowest BCUT2D eigenvalue weighted by molar-refractivity contribution is 0.102. The zero-order valence-electron chi connectivity index (χ0n) is 12.7. The second-order valence-electron chi connectivity index (χ2n) is 5.54. The Bertz CT molecular complexity index is 732. The average Bonchev–Trinajstić information content (AvgIpc) is 3.10. The van der Waals surface area contributed by atoms with Crippen molar-refractivity contribution in [2.24, 2.45) is 0 Å². The Balaban J connectivity index is 1.74. The molecular weight excluding hydrogens is 290 g/mol. The number of nitriles is 1. The van der Waals surface area contributed by atoms with E-state index in [-0.39, 0.29) is 12.0 Å². The molecule has 1 aliphatic carbocycles. The third-order valence-corrected chi connectivity index (χ3v) is 3.90. The van der Waals surface area contributed by atoms with E-state index in [1.54, 1.807) is 42.7 Å². The minimum atomic E-state index is -0.235. The van der Waals surface area contributed by atoms with Crippen LogP contribution in [0, 0.1) is 11.3 Å². The summed E-state index contributed by atoms with van der Waals surface area (Å²) in [4.78, 5) is 16.0. The number of carbonyl (C=O) groups is 1. The fourth-order valence-electron chi connectivity index (χ4n) is 2.69. The third kappa shape index (κ3) is 3.67. The fourth-order valence-corrected chi connectivity index (χ4v) is 2.69. The molecule has 1 aromatic heterocycles. The molecule has 1 saturated carbocycles. The van der Waals surface area contributed by atoms with Gasteiger partial charge in [-0.05, 0) is 56.0 Å². The summed E-state index contributed by atoms with van der Waals surface area (Å²) in [6, 6.07) is 10.6. The van der Waals surface area contributed by atoms with Crippen molar-refractivity contribution in [2.75, 3.05) is 5.32 Å². The van der Waals surface area contributed by atoms with Crippen LogP contribution in [-0.2, 0) is 0 Å². The molecule has 1 amide bonds. The lowest BCUT2D eigenvalue weighted by Gasteiger charge is -2.15. The molecule has 1 aliphatic rings. The summed E-state index contributed by atoms with van der Waals surface area (Å²) in [5.74, 6) is 0.349. The maximum absolute atomic E-state index is 12.1. The molecule has 0 atom stereocenters. The van der Waals surface area contributed by atoms with E-state index in [0.29, 0.717) is 22.6 Å². The molecule has 5 nitrogen and oxygen atoms in total. The molecule has 1 N–H and O–H groups in total. The maximum Gasteiger partial charge on any atom is 0.255 e. The number of ether oxygens (including phenoxy) is 1. The second kappa shape index (κ2) is 6.93. The molecule has 0 radical (unpaired) electrons. The predicted octanol–water partition coefficient (Wildman–Crippen LogP) is 3.53. The first-order chi connectivity index (χ1) is 11.3. The van der Waals surface area contributed by atoms with Crippen molar-refractivity contribution < 1.29 is 9.53 Å². The van der Waals surface area contributed by atoms with Gasteiger partial charge in [0.2, 0.25) is 0 Å². The third-order valence-electron chi connectivity index (χ3n) is 3.90. The van der Waals surface area contributed by atoms with Crippen LogP contribution in [0.1, 0.15) is 41.6 Å². The number of hydrogen-bond donors (Lipinski definition) is 1. The van der Waals surface area contributed by atoms with Crippen LogP contribution in [0.5, 0.6) is 5.75 Å². The van der Waals surface area contributed by atoms with Crippen LogP contribution in [0.4, 0.5) is 5.69 Å². The SMILES string of the molecule is N#Cc1cc(NC(=O)c2ccncc2)ccc1OC1CCCC1. The molecule has 0 unspecified atom stereocenters. The molecule has 1 aromatic carbocycles. The van der Waals surface area contributed by atoms with Crippen LogP contribution in [0.3, 0.4) is 0 Å². The first-order valence-electron chi connectivity index (χ1n) is 7.68. The first kappa shape index (κ1) is 15.0. The summed E-state index contributed by atoms with van der Waals surface area (Å²) in [5.41, 5.74) is 1.52. The van der Waals surface area contributed by atoms with Crippen molar-refractivity contribution in [3.05, 3.63) is 53.9 Å². The van der Waals surface area contributed by atoms with Crippen LogP contribution in [0.25, 0.3) is 0 Å². The molecular formula is C18H17N3O2. The van der Waals surface area contributed by atoms with Crippen LogP contribution < -0.4 is 10.1 Å². The Morgan fingerprint density at radius 3 is 2.65 bits per heavy atom. The van der Waals surface area contributed by atoms with Gasteiger partial charge in [-0.2, -0.15) is 5.26 Å². The van der Waals surface area contributed by atoms with E-state index in [2.05, 4.69) is 16.4 Å². The topological polar surface area (TPSA) is 75.0 Å². The number of pyridine rings is 1. The highest BCUT2D eigenvalue weighted by Crippen LogP contribution is 2.28. The summed E-state index contributed by atoms with van der Waals surface area (Å²) < 4.78 is 5.90. The molecule has 0 aliphatic heterocycles. The number of amides is 1. The van der Waals surface area contributed by atoms with Gasteiger partial charge in [-0.15, -0.1) is 0 Å². The van der Waals surface area contributed by atoms with Crippen molar-refractivity contribution in [1.29, 1.82) is 5.26 Å². The van der Waals surface area contributed by atoms with E-state index in [0.717, 1.165) is 12.8 Å². The summed E-state index contributed by atoms with van der Waals surface area (Å²) in [6.45, 7) is 0. The minimum absolute atomic E-state index is 0.194. The van der Waals surface area contributed by atoms with Gasteiger partial charge in [0.25, 0.3) is 5.91 Å². The quantitative estimate of drug-likeness (QED) is 0.937. The Morgan fingerprint density at radius 2 is 1.96 bits per heavy atom. The van der Waals surface area contributed by atoms with Gasteiger partial charge in [0, 0.05) is 23.6 Å². The second-order valence-corrected chi connectivity index (χ2v) is 5.54. The van der Waals surface area contributed by atoms with Gasteiger partial charge in [0.1, 0.15) is 11.8 Å². The van der Waals surface area contributed by atoms with Crippen LogP contribution >= 0.6 is 0 Å². The molecule has 116 valence electrons. The maximum atomic E-state index is 12.1. The highest BCUT2D eigenvalue weighted by atomic mass is 16.5. The van der Waals surface area contributed by atoms with Crippen molar-refractivity contribution in [3.8, 4) is 11.8 Å². The van der Waals surface area contributed by atoms with E-state index in [9.17, 15) is 10.1 Å². The number of anilines is 1. The zero-order chi connectivity index (χ0) is 16.1. The number of carbonyl (C=O) groups excluding carboxylic acids is 1. The number of nitrogens with one attached hydrogen (secondary N) is 1. The van der Waals surface area contributed by atoms with E-state index in [1.165, 1.54) is 12.8 Å². The number of hydrogen-bond acceptors (Lipinski definition) is 4. The van der Waals surface area contributed by atoms with Crippen molar-refractivity contribution in [3.63, 3.8) is 0 Å². The molecule has 1 fully saturated rings. The molecule has 23 heavy (non-hydrogen) atoms. The number of aromatic nitrogens is 1. The highest BCUT2D eigenvalue weighted by Gasteiger charge is 2.18. The Hall–Kier alpha value is -2.87. The van der Waals surface area contributed by atoms with Crippen molar-refractivity contribution >= 4 is 11.6 Å². The predicted molar refractivity (Wildman–Crippen MR) is 86.2 cm³/mol. The normalized spacial score (nSPS) is 14.2. The Morgan fingerprint density at radius 1 is 1.22 bits per heavy atom. The van der Waals surface area contributed by atoms with Crippen LogP contribution in [-0.4, -0.2) is 17.0 Å². The van der Waals surface area contributed by atoms with E-state index in [4.69, 9.17) is 4.74 Å². The largest absolute Gasteiger partial charge is 0.489 e. The summed E-state index contributed by atoms with van der Waals surface area (Å²) in [6.07, 6.45) is 7.73. The first-order valence-corrected chi connectivity index (χ1v) is 7.68. The van der Waals surface area contributed by atoms with Gasteiger partial charge in [-0.25, -0.2) is 0 Å². The molecule has 5 heteroatoms. The Kier molecular flexibility index (Phi) is 4.53. The van der Waals surface area contributed by atoms with Gasteiger partial charge in [-0.1, -0.05) is 0 Å². The van der Waals surface area contributed by atoms with E-state index < -0.39 is 0 Å². The molecule has 2 aromatic rings. The molecule has 3 rings (SSSR count). The fraction of sp³-hybridized carbons (Fsp3) is 0.278. The van der Waals surface area contributed by atoms with Gasteiger partial charge < -0.3 is 10.1 Å². The lowest BCUT2D eigenvalue weighted by atomic mass is 10.1.